The largest absolute Gasteiger partial charge is 0.462 e. The van der Waals surface area contributed by atoms with Crippen LogP contribution in [-0.2, 0) is 28.6 Å². The van der Waals surface area contributed by atoms with Gasteiger partial charge >= 0.3 is 17.9 Å². The molecule has 1 unspecified atom stereocenters. The minimum absolute atomic E-state index is 0.0621. The Morgan fingerprint density at radius 3 is 0.812 bits per heavy atom. The van der Waals surface area contributed by atoms with Gasteiger partial charge in [-0.25, -0.2) is 0 Å². The van der Waals surface area contributed by atoms with E-state index in [-0.39, 0.29) is 31.1 Å². The van der Waals surface area contributed by atoms with Gasteiger partial charge in [0.1, 0.15) is 13.2 Å². The monoisotopic (exact) mass is 905 g/mol. The van der Waals surface area contributed by atoms with Gasteiger partial charge in [0.05, 0.1) is 0 Å². The quantitative estimate of drug-likeness (QED) is 0.0344. The second kappa shape index (κ2) is 52.4. The summed E-state index contributed by atoms with van der Waals surface area (Å²) in [6.07, 6.45) is 56.7. The van der Waals surface area contributed by atoms with Gasteiger partial charge in [0.15, 0.2) is 6.10 Å². The van der Waals surface area contributed by atoms with Crippen LogP contribution in [0.4, 0.5) is 0 Å². The fourth-order valence-electron chi connectivity index (χ4n) is 8.89. The molecule has 0 aliphatic rings. The van der Waals surface area contributed by atoms with Crippen LogP contribution in [0.1, 0.15) is 329 Å². The van der Waals surface area contributed by atoms with Crippen molar-refractivity contribution in [3.05, 3.63) is 0 Å². The zero-order valence-corrected chi connectivity index (χ0v) is 43.8. The molecule has 0 N–H and O–H groups in total. The molecule has 0 aromatic rings. The van der Waals surface area contributed by atoms with Gasteiger partial charge in [-0.05, 0) is 25.2 Å². The van der Waals surface area contributed by atoms with Gasteiger partial charge < -0.3 is 14.2 Å². The Bertz CT molecular complexity index is 966. The molecular formula is C58H112O6. The van der Waals surface area contributed by atoms with Crippen LogP contribution in [0.3, 0.4) is 0 Å². The Balaban J connectivity index is 4.21. The molecule has 0 aliphatic carbocycles. The van der Waals surface area contributed by atoms with E-state index in [1.165, 1.54) is 225 Å². The minimum Gasteiger partial charge on any atom is -0.462 e. The van der Waals surface area contributed by atoms with Crippen molar-refractivity contribution >= 4 is 17.9 Å². The lowest BCUT2D eigenvalue weighted by atomic mass is 9.99. The normalized spacial score (nSPS) is 12.4. The van der Waals surface area contributed by atoms with E-state index in [4.69, 9.17) is 14.2 Å². The minimum atomic E-state index is -0.761. The van der Waals surface area contributed by atoms with Crippen LogP contribution < -0.4 is 0 Å². The number of esters is 3. The second-order valence-corrected chi connectivity index (χ2v) is 20.2. The molecule has 0 heterocycles. The zero-order valence-electron chi connectivity index (χ0n) is 43.8. The molecule has 0 aromatic heterocycles. The highest BCUT2D eigenvalue weighted by atomic mass is 16.6. The van der Waals surface area contributed by atoms with Gasteiger partial charge in [-0.15, -0.1) is 0 Å². The summed E-state index contributed by atoms with van der Waals surface area (Å²) in [6.45, 7) is 9.08. The van der Waals surface area contributed by atoms with E-state index in [0.717, 1.165) is 63.7 Å². The number of rotatable bonds is 53. The van der Waals surface area contributed by atoms with Crippen LogP contribution in [0.25, 0.3) is 0 Å². The SMILES string of the molecule is CCCCCCCCCCCCCCCCCCCCCC(=O)OC[C@@H](COC(=O)CCCCCCCCCCC)OC(=O)CCCCCCCCCCCCCCCCC(C)CC. The van der Waals surface area contributed by atoms with E-state index in [0.29, 0.717) is 19.3 Å². The van der Waals surface area contributed by atoms with Crippen molar-refractivity contribution in [1.82, 2.24) is 0 Å². The third-order valence-electron chi connectivity index (χ3n) is 13.7. The Morgan fingerprint density at radius 2 is 0.547 bits per heavy atom. The van der Waals surface area contributed by atoms with E-state index in [9.17, 15) is 14.4 Å². The molecule has 64 heavy (non-hydrogen) atoms. The molecule has 0 saturated carbocycles. The summed E-state index contributed by atoms with van der Waals surface area (Å²) in [5.74, 6) is 0.0549. The number of ether oxygens (including phenoxy) is 3. The fraction of sp³-hybridized carbons (Fsp3) is 0.948. The van der Waals surface area contributed by atoms with Crippen LogP contribution in [0.15, 0.2) is 0 Å². The first kappa shape index (κ1) is 62.4. The lowest BCUT2D eigenvalue weighted by Crippen LogP contribution is -2.30. The molecule has 380 valence electrons. The number of hydrogen-bond acceptors (Lipinski definition) is 6. The van der Waals surface area contributed by atoms with Crippen molar-refractivity contribution in [3.63, 3.8) is 0 Å². The predicted octanol–water partition coefficient (Wildman–Crippen LogP) is 19.0. The van der Waals surface area contributed by atoms with Gasteiger partial charge in [-0.2, -0.15) is 0 Å². The van der Waals surface area contributed by atoms with Gasteiger partial charge in [0, 0.05) is 19.3 Å². The molecule has 0 rings (SSSR count). The first-order chi connectivity index (χ1) is 31.4. The lowest BCUT2D eigenvalue weighted by Gasteiger charge is -2.18. The van der Waals surface area contributed by atoms with E-state index in [1.807, 2.05) is 0 Å². The maximum absolute atomic E-state index is 12.8. The standard InChI is InChI=1S/C58H112O6/c1-5-8-10-12-14-16-17-18-19-20-21-22-23-27-30-34-38-42-46-50-57(60)63-53-55(52-62-56(59)49-45-41-37-32-15-13-11-9-6-2)64-58(61)51-47-43-39-35-31-28-25-24-26-29-33-36-40-44-48-54(4)7-3/h54-55H,5-53H2,1-4H3/t54?,55-/m1/s1. The number of carbonyl (C=O) groups is 3. The average molecular weight is 906 g/mol. The fourth-order valence-corrected chi connectivity index (χ4v) is 8.89. The maximum Gasteiger partial charge on any atom is 0.306 e. The number of carbonyl (C=O) groups excluding carboxylic acids is 3. The van der Waals surface area contributed by atoms with Crippen LogP contribution >= 0.6 is 0 Å². The molecule has 0 aliphatic heterocycles. The van der Waals surface area contributed by atoms with E-state index in [2.05, 4.69) is 27.7 Å². The second-order valence-electron chi connectivity index (χ2n) is 20.2. The molecule has 0 aromatic carbocycles. The molecule has 0 amide bonds. The summed E-state index contributed by atoms with van der Waals surface area (Å²) in [4.78, 5) is 38.0. The highest BCUT2D eigenvalue weighted by Crippen LogP contribution is 2.18. The zero-order chi connectivity index (χ0) is 46.7. The van der Waals surface area contributed by atoms with Crippen molar-refractivity contribution in [3.8, 4) is 0 Å². The van der Waals surface area contributed by atoms with Crippen molar-refractivity contribution in [2.75, 3.05) is 13.2 Å². The van der Waals surface area contributed by atoms with Gasteiger partial charge in [0.25, 0.3) is 0 Å². The Morgan fingerprint density at radius 1 is 0.312 bits per heavy atom. The third-order valence-corrected chi connectivity index (χ3v) is 13.7. The highest BCUT2D eigenvalue weighted by Gasteiger charge is 2.19. The smallest absolute Gasteiger partial charge is 0.306 e. The van der Waals surface area contributed by atoms with Gasteiger partial charge in [-0.1, -0.05) is 291 Å². The topological polar surface area (TPSA) is 78.9 Å². The summed E-state index contributed by atoms with van der Waals surface area (Å²) in [5, 5.41) is 0. The van der Waals surface area contributed by atoms with Crippen molar-refractivity contribution in [2.24, 2.45) is 5.92 Å². The summed E-state index contributed by atoms with van der Waals surface area (Å²) in [7, 11) is 0. The molecule has 0 radical (unpaired) electrons. The molecule has 2 atom stereocenters. The van der Waals surface area contributed by atoms with E-state index in [1.54, 1.807) is 0 Å². The molecule has 0 bridgehead atoms. The Labute approximate surface area is 399 Å². The molecule has 0 fully saturated rings. The Hall–Kier alpha value is -1.59. The van der Waals surface area contributed by atoms with Crippen molar-refractivity contribution < 1.29 is 28.6 Å². The van der Waals surface area contributed by atoms with Crippen LogP contribution in [0, 0.1) is 5.92 Å². The van der Waals surface area contributed by atoms with Crippen LogP contribution in [0.2, 0.25) is 0 Å². The van der Waals surface area contributed by atoms with Crippen molar-refractivity contribution in [1.29, 1.82) is 0 Å². The summed E-state index contributed by atoms with van der Waals surface area (Å²) in [5.41, 5.74) is 0. The lowest BCUT2D eigenvalue weighted by molar-refractivity contribution is -0.167. The predicted molar refractivity (Wildman–Crippen MR) is 275 cm³/mol. The van der Waals surface area contributed by atoms with Crippen LogP contribution in [-0.4, -0.2) is 37.2 Å². The number of hydrogen-bond donors (Lipinski definition) is 0. The summed E-state index contributed by atoms with van der Waals surface area (Å²) >= 11 is 0. The van der Waals surface area contributed by atoms with Crippen LogP contribution in [0.5, 0.6) is 0 Å². The van der Waals surface area contributed by atoms with E-state index < -0.39 is 6.10 Å². The first-order valence-electron chi connectivity index (χ1n) is 28.9. The van der Waals surface area contributed by atoms with E-state index >= 15 is 0 Å². The summed E-state index contributed by atoms with van der Waals surface area (Å²) in [6, 6.07) is 0. The molecular weight excluding hydrogens is 793 g/mol. The summed E-state index contributed by atoms with van der Waals surface area (Å²) < 4.78 is 16.8. The third kappa shape index (κ3) is 49.8. The average Bonchev–Trinajstić information content (AvgIpc) is 3.29. The first-order valence-corrected chi connectivity index (χ1v) is 28.9. The van der Waals surface area contributed by atoms with Gasteiger partial charge in [-0.3, -0.25) is 14.4 Å². The molecule has 0 saturated heterocycles. The highest BCUT2D eigenvalue weighted by molar-refractivity contribution is 5.71. The van der Waals surface area contributed by atoms with Crippen molar-refractivity contribution in [2.45, 2.75) is 336 Å². The Kier molecular flexibility index (Phi) is 51.1. The number of unbranched alkanes of at least 4 members (excludes halogenated alkanes) is 39. The molecule has 0 spiro atoms. The molecule has 6 nitrogen and oxygen atoms in total. The maximum atomic E-state index is 12.8. The van der Waals surface area contributed by atoms with Gasteiger partial charge in [0.2, 0.25) is 0 Å². The molecule has 6 heteroatoms.